The molecule has 0 aliphatic rings. The van der Waals surface area contributed by atoms with Gasteiger partial charge in [-0.1, -0.05) is 0 Å². The number of benzene rings is 2. The van der Waals surface area contributed by atoms with Crippen LogP contribution in [-0.4, -0.2) is 49.5 Å². The van der Waals surface area contributed by atoms with Gasteiger partial charge < -0.3 is 15.6 Å². The summed E-state index contributed by atoms with van der Waals surface area (Å²) >= 11 is 0. The van der Waals surface area contributed by atoms with Crippen LogP contribution in [0.4, 0.5) is 27.5 Å². The molecule has 0 bridgehead atoms. The van der Waals surface area contributed by atoms with Gasteiger partial charge in [0, 0.05) is 11.8 Å². The average molecular weight is 489 g/mol. The van der Waals surface area contributed by atoms with Gasteiger partial charge in [0.1, 0.15) is 16.3 Å². The molecule has 174 valence electrons. The number of nitrogen functional groups attached to an aromatic ring is 1. The molecule has 6 N–H and O–H groups in total. The number of amides is 1. The van der Waals surface area contributed by atoms with Crippen LogP contribution in [-0.2, 0) is 20.2 Å². The number of nitrogens with two attached hydrogens (primary N) is 1. The molecule has 2 aromatic carbocycles. The zero-order chi connectivity index (χ0) is 24.1. The molecule has 0 heterocycles. The molecule has 1 amide bonds. The SMILES string of the molecule is Cc1cc(N)c(OCCCS(=O)(=O)O)cc1N=Nc1ccc(NC(=O)O)cc1S(=O)(=O)O. The first kappa shape index (κ1) is 25.0. The zero-order valence-electron chi connectivity index (χ0n) is 16.6. The number of nitrogens with zero attached hydrogens (tertiary/aromatic N) is 2. The summed E-state index contributed by atoms with van der Waals surface area (Å²) in [6.07, 6.45) is -1.42. The number of aryl methyl sites for hydroxylation is 1. The van der Waals surface area contributed by atoms with E-state index in [4.69, 9.17) is 20.1 Å². The van der Waals surface area contributed by atoms with E-state index in [-0.39, 0.29) is 41.5 Å². The summed E-state index contributed by atoms with van der Waals surface area (Å²) in [6, 6.07) is 6.18. The van der Waals surface area contributed by atoms with E-state index in [1.807, 2.05) is 5.32 Å². The third-order valence-corrected chi connectivity index (χ3v) is 5.57. The van der Waals surface area contributed by atoms with Crippen molar-refractivity contribution < 1.29 is 40.6 Å². The van der Waals surface area contributed by atoms with E-state index < -0.39 is 37.0 Å². The van der Waals surface area contributed by atoms with Crippen LogP contribution in [0.2, 0.25) is 0 Å². The van der Waals surface area contributed by atoms with Crippen LogP contribution in [0.1, 0.15) is 12.0 Å². The van der Waals surface area contributed by atoms with E-state index in [1.165, 1.54) is 18.2 Å². The second-order valence-electron chi connectivity index (χ2n) is 6.45. The highest BCUT2D eigenvalue weighted by Crippen LogP contribution is 2.34. The highest BCUT2D eigenvalue weighted by atomic mass is 32.2. The van der Waals surface area contributed by atoms with Crippen LogP contribution in [0.15, 0.2) is 45.5 Å². The smallest absolute Gasteiger partial charge is 0.409 e. The lowest BCUT2D eigenvalue weighted by molar-refractivity contribution is 0.209. The summed E-state index contributed by atoms with van der Waals surface area (Å²) in [4.78, 5) is 10.1. The first-order valence-corrected chi connectivity index (χ1v) is 11.8. The summed E-state index contributed by atoms with van der Waals surface area (Å²) in [7, 11) is -8.87. The Bertz CT molecular complexity index is 1260. The van der Waals surface area contributed by atoms with Crippen molar-refractivity contribution in [1.82, 2.24) is 0 Å². The number of carbonyl (C=O) groups is 1. The molecule has 0 spiro atoms. The molecule has 0 saturated carbocycles. The quantitative estimate of drug-likeness (QED) is 0.150. The van der Waals surface area contributed by atoms with Crippen LogP contribution in [0.25, 0.3) is 0 Å². The molecule has 0 unspecified atom stereocenters. The first-order chi connectivity index (χ1) is 14.8. The molecule has 32 heavy (non-hydrogen) atoms. The number of azo groups is 1. The van der Waals surface area contributed by atoms with Crippen LogP contribution in [0.3, 0.4) is 0 Å². The molecule has 0 aliphatic carbocycles. The molecule has 0 radical (unpaired) electrons. The second kappa shape index (κ2) is 9.90. The molecule has 0 atom stereocenters. The van der Waals surface area contributed by atoms with E-state index in [0.717, 1.165) is 12.1 Å². The molecule has 2 rings (SSSR count). The van der Waals surface area contributed by atoms with Crippen molar-refractivity contribution in [2.75, 3.05) is 23.4 Å². The molecular formula is C17H20N4O9S2. The highest BCUT2D eigenvalue weighted by Gasteiger charge is 2.17. The predicted molar refractivity (Wildman–Crippen MR) is 114 cm³/mol. The molecule has 0 saturated heterocycles. The molecule has 0 aromatic heterocycles. The largest absolute Gasteiger partial charge is 0.491 e. The van der Waals surface area contributed by atoms with Gasteiger partial charge in [-0.25, -0.2) is 4.79 Å². The van der Waals surface area contributed by atoms with E-state index in [0.29, 0.717) is 5.56 Å². The monoisotopic (exact) mass is 488 g/mol. The van der Waals surface area contributed by atoms with Gasteiger partial charge in [-0.3, -0.25) is 14.4 Å². The van der Waals surface area contributed by atoms with Crippen molar-refractivity contribution in [3.63, 3.8) is 0 Å². The Balaban J connectivity index is 2.31. The lowest BCUT2D eigenvalue weighted by Crippen LogP contribution is -2.09. The summed E-state index contributed by atoms with van der Waals surface area (Å²) in [5.74, 6) is -0.327. The van der Waals surface area contributed by atoms with Gasteiger partial charge >= 0.3 is 6.09 Å². The Hall–Kier alpha value is -3.27. The number of nitrogens with one attached hydrogen (secondary N) is 1. The topological polar surface area (TPSA) is 218 Å². The van der Waals surface area contributed by atoms with Crippen molar-refractivity contribution >= 4 is 49.1 Å². The van der Waals surface area contributed by atoms with Gasteiger partial charge in [-0.2, -0.15) is 21.9 Å². The average Bonchev–Trinajstić information content (AvgIpc) is 2.64. The van der Waals surface area contributed by atoms with Crippen LogP contribution >= 0.6 is 0 Å². The number of hydrogen-bond acceptors (Lipinski definition) is 9. The fraction of sp³-hybridized carbons (Fsp3) is 0.235. The fourth-order valence-corrected chi connectivity index (χ4v) is 3.60. The fourth-order valence-electron chi connectivity index (χ4n) is 2.47. The normalized spacial score (nSPS) is 12.1. The third-order valence-electron chi connectivity index (χ3n) is 3.89. The molecular weight excluding hydrogens is 468 g/mol. The van der Waals surface area contributed by atoms with Crippen molar-refractivity contribution in [1.29, 1.82) is 0 Å². The number of ether oxygens (including phenoxy) is 1. The molecule has 2 aromatic rings. The third kappa shape index (κ3) is 7.45. The lowest BCUT2D eigenvalue weighted by Gasteiger charge is -2.11. The maximum atomic E-state index is 11.7. The Kier molecular flexibility index (Phi) is 7.73. The molecule has 0 aliphatic heterocycles. The van der Waals surface area contributed by atoms with Gasteiger partial charge in [-0.05, 0) is 43.2 Å². The van der Waals surface area contributed by atoms with Crippen molar-refractivity contribution in [2.45, 2.75) is 18.2 Å². The molecule has 15 heteroatoms. The van der Waals surface area contributed by atoms with E-state index >= 15 is 0 Å². The summed E-state index contributed by atoms with van der Waals surface area (Å²) < 4.78 is 68.4. The Morgan fingerprint density at radius 1 is 1.09 bits per heavy atom. The Morgan fingerprint density at radius 3 is 2.34 bits per heavy atom. The second-order valence-corrected chi connectivity index (χ2v) is 9.41. The van der Waals surface area contributed by atoms with Crippen LogP contribution in [0, 0.1) is 6.92 Å². The summed E-state index contributed by atoms with van der Waals surface area (Å²) in [5, 5.41) is 18.5. The van der Waals surface area contributed by atoms with E-state index in [2.05, 4.69) is 10.2 Å². The van der Waals surface area contributed by atoms with Crippen molar-refractivity contribution in [3.05, 3.63) is 35.9 Å². The summed E-state index contributed by atoms with van der Waals surface area (Å²) in [6.45, 7) is 1.59. The number of carboxylic acid groups (broad SMARTS) is 1. The van der Waals surface area contributed by atoms with E-state index in [9.17, 15) is 26.2 Å². The Morgan fingerprint density at radius 2 is 1.75 bits per heavy atom. The minimum atomic E-state index is -4.75. The van der Waals surface area contributed by atoms with Gasteiger partial charge in [0.05, 0.1) is 23.7 Å². The highest BCUT2D eigenvalue weighted by molar-refractivity contribution is 7.86. The van der Waals surface area contributed by atoms with Crippen LogP contribution < -0.4 is 15.8 Å². The van der Waals surface area contributed by atoms with Crippen molar-refractivity contribution in [3.8, 4) is 5.75 Å². The lowest BCUT2D eigenvalue weighted by atomic mass is 10.1. The number of hydrogen-bond donors (Lipinski definition) is 5. The van der Waals surface area contributed by atoms with Crippen LogP contribution in [0.5, 0.6) is 5.75 Å². The standard InChI is InChI=1S/C17H20N4O9S2/c1-10-7-12(18)15(30-5-2-6-31(24,25)26)9-14(10)21-20-13-4-3-11(19-17(22)23)8-16(13)32(27,28)29/h3-4,7-9,19H,2,5-6,18H2,1H3,(H,22,23)(H,24,25,26)(H,27,28,29). The Labute approximate surface area is 183 Å². The van der Waals surface area contributed by atoms with Gasteiger partial charge in [-0.15, -0.1) is 5.11 Å². The minimum Gasteiger partial charge on any atom is -0.491 e. The molecule has 0 fully saturated rings. The maximum Gasteiger partial charge on any atom is 0.409 e. The summed E-state index contributed by atoms with van der Waals surface area (Å²) in [5.41, 5.74) is 6.53. The predicted octanol–water partition coefficient (Wildman–Crippen LogP) is 2.99. The van der Waals surface area contributed by atoms with Crippen molar-refractivity contribution in [2.24, 2.45) is 10.2 Å². The minimum absolute atomic E-state index is 0.0114. The van der Waals surface area contributed by atoms with Gasteiger partial charge in [0.25, 0.3) is 20.2 Å². The van der Waals surface area contributed by atoms with E-state index in [1.54, 1.807) is 6.92 Å². The zero-order valence-corrected chi connectivity index (χ0v) is 18.2. The molecule has 13 nitrogen and oxygen atoms in total. The van der Waals surface area contributed by atoms with Gasteiger partial charge in [0.2, 0.25) is 0 Å². The number of anilines is 2. The van der Waals surface area contributed by atoms with Gasteiger partial charge in [0.15, 0.2) is 0 Å². The number of rotatable bonds is 9. The maximum absolute atomic E-state index is 11.7. The first-order valence-electron chi connectivity index (χ1n) is 8.77.